The van der Waals surface area contributed by atoms with Gasteiger partial charge in [0.1, 0.15) is 0 Å². The number of anilines is 1. The molecule has 24 heavy (non-hydrogen) atoms. The zero-order valence-corrected chi connectivity index (χ0v) is 14.5. The van der Waals surface area contributed by atoms with Crippen LogP contribution in [0.2, 0.25) is 0 Å². The largest absolute Gasteiger partial charge is 0.349 e. The highest BCUT2D eigenvalue weighted by Gasteiger charge is 2.20. The Morgan fingerprint density at radius 1 is 1.17 bits per heavy atom. The van der Waals surface area contributed by atoms with Crippen LogP contribution in [0.3, 0.4) is 0 Å². The molecule has 0 aromatic heterocycles. The molecular weight excluding hydrogens is 324 g/mol. The van der Waals surface area contributed by atoms with E-state index in [1.54, 1.807) is 55.5 Å². The Morgan fingerprint density at radius 3 is 2.54 bits per heavy atom. The summed E-state index contributed by atoms with van der Waals surface area (Å²) in [5.41, 5.74) is 2.12. The number of amides is 1. The van der Waals surface area contributed by atoms with Gasteiger partial charge in [0.25, 0.3) is 15.9 Å². The minimum atomic E-state index is -3.79. The molecule has 0 bridgehead atoms. The normalized spacial score (nSPS) is 10.9. The summed E-state index contributed by atoms with van der Waals surface area (Å²) in [5.74, 6) is -0.367. The molecule has 2 N–H and O–H groups in total. The zero-order chi connectivity index (χ0) is 17.7. The number of hydrogen-bond donors (Lipinski definition) is 2. The van der Waals surface area contributed by atoms with Gasteiger partial charge < -0.3 is 5.32 Å². The van der Waals surface area contributed by atoms with Gasteiger partial charge in [0.05, 0.1) is 16.1 Å². The van der Waals surface area contributed by atoms with Crippen LogP contribution in [0.4, 0.5) is 5.69 Å². The van der Waals surface area contributed by atoms with Crippen molar-refractivity contribution in [3.8, 4) is 0 Å². The molecule has 2 aromatic rings. The van der Waals surface area contributed by atoms with Crippen molar-refractivity contribution >= 4 is 21.6 Å². The minimum absolute atomic E-state index is 0.189. The monoisotopic (exact) mass is 344 g/mol. The molecule has 5 nitrogen and oxygen atoms in total. The lowest BCUT2D eigenvalue weighted by atomic mass is 10.1. The van der Waals surface area contributed by atoms with Crippen molar-refractivity contribution in [2.45, 2.75) is 18.7 Å². The number of para-hydroxylation sites is 1. The second-order valence-electron chi connectivity index (χ2n) is 5.42. The summed E-state index contributed by atoms with van der Waals surface area (Å²) in [4.78, 5) is 12.4. The maximum absolute atomic E-state index is 12.7. The van der Waals surface area contributed by atoms with Gasteiger partial charge in [-0.2, -0.15) is 0 Å². The van der Waals surface area contributed by atoms with Crippen molar-refractivity contribution in [2.24, 2.45) is 0 Å². The van der Waals surface area contributed by atoms with Crippen LogP contribution in [-0.4, -0.2) is 20.9 Å². The van der Waals surface area contributed by atoms with E-state index in [1.807, 2.05) is 6.92 Å². The predicted octanol–water partition coefficient (Wildman–Crippen LogP) is 3.02. The number of hydrogen-bond acceptors (Lipinski definition) is 3. The molecule has 0 saturated carbocycles. The summed E-state index contributed by atoms with van der Waals surface area (Å²) >= 11 is 0. The number of benzene rings is 2. The van der Waals surface area contributed by atoms with Crippen molar-refractivity contribution in [3.05, 3.63) is 71.8 Å². The van der Waals surface area contributed by atoms with Crippen LogP contribution in [0, 0.1) is 13.8 Å². The third kappa shape index (κ3) is 4.02. The second kappa shape index (κ2) is 7.31. The number of carbonyl (C=O) groups is 1. The second-order valence-corrected chi connectivity index (χ2v) is 7.07. The van der Waals surface area contributed by atoms with Crippen LogP contribution in [0.5, 0.6) is 0 Å². The molecule has 6 heteroatoms. The van der Waals surface area contributed by atoms with Crippen LogP contribution < -0.4 is 10.0 Å². The highest BCUT2D eigenvalue weighted by molar-refractivity contribution is 7.92. The fourth-order valence-corrected chi connectivity index (χ4v) is 3.64. The van der Waals surface area contributed by atoms with Gasteiger partial charge in [-0.15, -0.1) is 6.58 Å². The van der Waals surface area contributed by atoms with Crippen LogP contribution in [0.15, 0.2) is 60.0 Å². The third-order valence-electron chi connectivity index (χ3n) is 3.44. The molecule has 0 atom stereocenters. The van der Waals surface area contributed by atoms with Gasteiger partial charge in [0.2, 0.25) is 0 Å². The molecule has 0 fully saturated rings. The summed E-state index contributed by atoms with van der Waals surface area (Å²) in [7, 11) is -3.79. The summed E-state index contributed by atoms with van der Waals surface area (Å²) in [6.45, 7) is 7.48. The first kappa shape index (κ1) is 17.7. The Balaban J connectivity index is 2.36. The van der Waals surface area contributed by atoms with Gasteiger partial charge in [-0.3, -0.25) is 9.52 Å². The molecule has 0 heterocycles. The van der Waals surface area contributed by atoms with Gasteiger partial charge in [-0.25, -0.2) is 8.42 Å². The molecular formula is C18H20N2O3S. The SMILES string of the molecule is C=CCNC(=O)c1ccccc1NS(=O)(=O)c1ccc(C)cc1C. The number of aryl methyl sites for hydroxylation is 2. The molecule has 1 amide bonds. The van der Waals surface area contributed by atoms with Crippen LogP contribution >= 0.6 is 0 Å². The zero-order valence-electron chi connectivity index (χ0n) is 13.7. The minimum Gasteiger partial charge on any atom is -0.349 e. The van der Waals surface area contributed by atoms with E-state index in [2.05, 4.69) is 16.6 Å². The smallest absolute Gasteiger partial charge is 0.262 e. The van der Waals surface area contributed by atoms with Gasteiger partial charge in [-0.05, 0) is 37.6 Å². The Bertz CT molecular complexity index is 874. The van der Waals surface area contributed by atoms with Crippen LogP contribution in [-0.2, 0) is 10.0 Å². The van der Waals surface area contributed by atoms with Crippen molar-refractivity contribution in [3.63, 3.8) is 0 Å². The Hall–Kier alpha value is -2.60. The molecule has 0 unspecified atom stereocenters. The fraction of sp³-hybridized carbons (Fsp3) is 0.167. The molecule has 126 valence electrons. The van der Waals surface area contributed by atoms with Crippen LogP contribution in [0.25, 0.3) is 0 Å². The predicted molar refractivity (Wildman–Crippen MR) is 95.7 cm³/mol. The maximum atomic E-state index is 12.7. The number of rotatable bonds is 6. The van der Waals surface area contributed by atoms with E-state index < -0.39 is 10.0 Å². The Morgan fingerprint density at radius 2 is 1.88 bits per heavy atom. The molecule has 0 spiro atoms. The topological polar surface area (TPSA) is 75.3 Å². The summed E-state index contributed by atoms with van der Waals surface area (Å²) in [6, 6.07) is 11.6. The van der Waals surface area contributed by atoms with E-state index in [4.69, 9.17) is 0 Å². The van der Waals surface area contributed by atoms with E-state index >= 15 is 0 Å². The number of sulfonamides is 1. The lowest BCUT2D eigenvalue weighted by Gasteiger charge is -2.14. The van der Waals surface area contributed by atoms with Gasteiger partial charge in [-0.1, -0.05) is 35.9 Å². The molecule has 2 aromatic carbocycles. The first-order valence-electron chi connectivity index (χ1n) is 7.43. The van der Waals surface area contributed by atoms with E-state index in [-0.39, 0.29) is 22.1 Å². The first-order valence-corrected chi connectivity index (χ1v) is 8.91. The summed E-state index contributed by atoms with van der Waals surface area (Å²) in [5, 5.41) is 2.64. The average molecular weight is 344 g/mol. The van der Waals surface area contributed by atoms with Crippen molar-refractivity contribution in [1.82, 2.24) is 5.32 Å². The lowest BCUT2D eigenvalue weighted by Crippen LogP contribution is -2.25. The van der Waals surface area contributed by atoms with Crippen molar-refractivity contribution in [1.29, 1.82) is 0 Å². The quantitative estimate of drug-likeness (QED) is 0.791. The third-order valence-corrected chi connectivity index (χ3v) is 4.97. The molecule has 0 saturated heterocycles. The molecule has 0 aliphatic carbocycles. The highest BCUT2D eigenvalue weighted by atomic mass is 32.2. The number of carbonyl (C=O) groups excluding carboxylic acids is 1. The van der Waals surface area contributed by atoms with E-state index in [9.17, 15) is 13.2 Å². The molecule has 0 radical (unpaired) electrons. The average Bonchev–Trinajstić information content (AvgIpc) is 2.52. The van der Waals surface area contributed by atoms with E-state index in [1.165, 1.54) is 0 Å². The highest BCUT2D eigenvalue weighted by Crippen LogP contribution is 2.22. The van der Waals surface area contributed by atoms with Gasteiger partial charge in [0, 0.05) is 6.54 Å². The maximum Gasteiger partial charge on any atom is 0.262 e. The van der Waals surface area contributed by atoms with E-state index in [0.717, 1.165) is 5.56 Å². The van der Waals surface area contributed by atoms with E-state index in [0.29, 0.717) is 12.1 Å². The fourth-order valence-electron chi connectivity index (χ4n) is 2.33. The first-order chi connectivity index (χ1) is 11.3. The summed E-state index contributed by atoms with van der Waals surface area (Å²) < 4.78 is 27.8. The van der Waals surface area contributed by atoms with Gasteiger partial charge in [0.15, 0.2) is 0 Å². The Labute approximate surface area is 142 Å². The standard InChI is InChI=1S/C18H20N2O3S/c1-4-11-19-18(21)15-7-5-6-8-16(15)20-24(22,23)17-10-9-13(2)12-14(17)3/h4-10,12,20H,1,11H2,2-3H3,(H,19,21). The van der Waals surface area contributed by atoms with Crippen molar-refractivity contribution < 1.29 is 13.2 Å². The summed E-state index contributed by atoms with van der Waals surface area (Å²) in [6.07, 6.45) is 1.56. The lowest BCUT2D eigenvalue weighted by molar-refractivity contribution is 0.0959. The number of nitrogens with one attached hydrogen (secondary N) is 2. The van der Waals surface area contributed by atoms with Crippen molar-refractivity contribution in [2.75, 3.05) is 11.3 Å². The molecule has 2 rings (SSSR count). The van der Waals surface area contributed by atoms with Crippen LogP contribution in [0.1, 0.15) is 21.5 Å². The molecule has 0 aliphatic rings. The molecule has 0 aliphatic heterocycles. The van der Waals surface area contributed by atoms with Gasteiger partial charge >= 0.3 is 0 Å². The Kier molecular flexibility index (Phi) is 5.41.